The lowest BCUT2D eigenvalue weighted by molar-refractivity contribution is -0.134. The molecule has 9 nitrogen and oxygen atoms in total. The molecule has 0 aliphatic carbocycles. The minimum absolute atomic E-state index is 0.0149. The molecule has 3 heterocycles. The van der Waals surface area contributed by atoms with Gasteiger partial charge in [0.05, 0.1) is 24.9 Å². The van der Waals surface area contributed by atoms with E-state index in [-0.39, 0.29) is 17.8 Å². The highest BCUT2D eigenvalue weighted by atomic mass is 16.6. The van der Waals surface area contributed by atoms with E-state index < -0.39 is 0 Å². The van der Waals surface area contributed by atoms with E-state index in [0.717, 1.165) is 32.7 Å². The molecule has 2 fully saturated rings. The van der Waals surface area contributed by atoms with Crippen LogP contribution < -0.4 is 14.2 Å². The number of amides is 1. The van der Waals surface area contributed by atoms with Crippen molar-refractivity contribution in [1.29, 1.82) is 0 Å². The highest BCUT2D eigenvalue weighted by molar-refractivity contribution is 6.10. The number of benzene rings is 1. The predicted molar refractivity (Wildman–Crippen MR) is 122 cm³/mol. The van der Waals surface area contributed by atoms with Crippen molar-refractivity contribution in [3.8, 4) is 17.2 Å². The summed E-state index contributed by atoms with van der Waals surface area (Å²) in [5, 5.41) is 0. The Balaban J connectivity index is 1.36. The number of ether oxygens (including phenoxy) is 4. The Bertz CT molecular complexity index is 881. The molecular formula is C24H33N3O6. The Kier molecular flexibility index (Phi) is 7.85. The van der Waals surface area contributed by atoms with Crippen LogP contribution in [0.2, 0.25) is 0 Å². The van der Waals surface area contributed by atoms with Gasteiger partial charge in [-0.3, -0.25) is 14.5 Å². The molecule has 3 aliphatic rings. The van der Waals surface area contributed by atoms with Crippen LogP contribution >= 0.6 is 0 Å². The molecule has 0 N–H and O–H groups in total. The summed E-state index contributed by atoms with van der Waals surface area (Å²) in [6.07, 6.45) is 2.63. The highest BCUT2D eigenvalue weighted by Gasteiger charge is 2.27. The van der Waals surface area contributed by atoms with Crippen molar-refractivity contribution in [1.82, 2.24) is 14.7 Å². The van der Waals surface area contributed by atoms with Gasteiger partial charge in [-0.25, -0.2) is 0 Å². The molecule has 0 bridgehead atoms. The third-order valence-electron chi connectivity index (χ3n) is 6.10. The van der Waals surface area contributed by atoms with Crippen LogP contribution in [0.3, 0.4) is 0 Å². The molecule has 180 valence electrons. The zero-order chi connectivity index (χ0) is 23.2. The Hall–Kier alpha value is -2.62. The smallest absolute Gasteiger partial charge is 0.246 e. The van der Waals surface area contributed by atoms with Crippen LogP contribution in [0.4, 0.5) is 0 Å². The maximum Gasteiger partial charge on any atom is 0.246 e. The highest BCUT2D eigenvalue weighted by Crippen LogP contribution is 2.42. The average molecular weight is 460 g/mol. The molecular weight excluding hydrogens is 426 g/mol. The van der Waals surface area contributed by atoms with E-state index in [1.165, 1.54) is 12.2 Å². The van der Waals surface area contributed by atoms with Crippen molar-refractivity contribution in [2.24, 2.45) is 0 Å². The third kappa shape index (κ3) is 5.85. The standard InChI is InChI=1S/C24H33N3O6/c1-3-30-21-6-4-19(23-24(21)33-15-14-32-23)20(28)5-7-22(29)27-12-13-31-18(17-27)16-26-10-8-25(2)9-11-26/h4-7,18H,3,8-17H2,1-2H3. The number of nitrogens with zero attached hydrogens (tertiary/aromatic N) is 3. The van der Waals surface area contributed by atoms with Crippen LogP contribution in [-0.4, -0.2) is 112 Å². The second-order valence-electron chi connectivity index (χ2n) is 8.48. The number of hydrogen-bond acceptors (Lipinski definition) is 8. The summed E-state index contributed by atoms with van der Waals surface area (Å²) in [6, 6.07) is 3.35. The van der Waals surface area contributed by atoms with Crippen LogP contribution in [0.15, 0.2) is 24.3 Å². The van der Waals surface area contributed by atoms with Gasteiger partial charge in [0.15, 0.2) is 17.3 Å². The Morgan fingerprint density at radius 3 is 2.55 bits per heavy atom. The largest absolute Gasteiger partial charge is 0.490 e. The van der Waals surface area contributed by atoms with Crippen LogP contribution in [0.1, 0.15) is 17.3 Å². The van der Waals surface area contributed by atoms with Gasteiger partial charge < -0.3 is 28.7 Å². The number of carbonyl (C=O) groups is 2. The summed E-state index contributed by atoms with van der Waals surface area (Å²) in [5.41, 5.74) is 0.354. The molecule has 33 heavy (non-hydrogen) atoms. The van der Waals surface area contributed by atoms with Gasteiger partial charge in [0.25, 0.3) is 0 Å². The van der Waals surface area contributed by atoms with E-state index in [2.05, 4.69) is 16.8 Å². The second-order valence-corrected chi connectivity index (χ2v) is 8.48. The Morgan fingerprint density at radius 1 is 1.03 bits per heavy atom. The van der Waals surface area contributed by atoms with E-state index in [4.69, 9.17) is 18.9 Å². The maximum atomic E-state index is 12.9. The summed E-state index contributed by atoms with van der Waals surface area (Å²) < 4.78 is 22.8. The first-order chi connectivity index (χ1) is 16.0. The third-order valence-corrected chi connectivity index (χ3v) is 6.10. The summed E-state index contributed by atoms with van der Waals surface area (Å²) in [5.74, 6) is 0.854. The Labute approximate surface area is 194 Å². The maximum absolute atomic E-state index is 12.9. The van der Waals surface area contributed by atoms with Crippen LogP contribution in [0.25, 0.3) is 0 Å². The van der Waals surface area contributed by atoms with Crippen LogP contribution in [0.5, 0.6) is 17.2 Å². The first-order valence-corrected chi connectivity index (χ1v) is 11.6. The number of likely N-dealkylation sites (N-methyl/N-ethyl adjacent to an activating group) is 1. The zero-order valence-corrected chi connectivity index (χ0v) is 19.5. The molecule has 0 aromatic heterocycles. The minimum atomic E-state index is -0.310. The van der Waals surface area contributed by atoms with Gasteiger partial charge in [-0.05, 0) is 32.2 Å². The SMILES string of the molecule is CCOc1ccc(C(=O)C=CC(=O)N2CCOC(CN3CCN(C)CC3)C2)c2c1OCCO2. The first kappa shape index (κ1) is 23.5. The molecule has 1 aromatic rings. The molecule has 1 amide bonds. The number of rotatable bonds is 7. The minimum Gasteiger partial charge on any atom is -0.490 e. The van der Waals surface area contributed by atoms with Crippen molar-refractivity contribution >= 4 is 11.7 Å². The van der Waals surface area contributed by atoms with E-state index >= 15 is 0 Å². The second kappa shape index (κ2) is 11.0. The van der Waals surface area contributed by atoms with E-state index in [9.17, 15) is 9.59 Å². The molecule has 9 heteroatoms. The average Bonchev–Trinajstić information content (AvgIpc) is 2.84. The summed E-state index contributed by atoms with van der Waals surface area (Å²) in [4.78, 5) is 32.1. The number of allylic oxidation sites excluding steroid dienone is 1. The molecule has 1 atom stereocenters. The molecule has 0 radical (unpaired) electrons. The predicted octanol–water partition coefficient (Wildman–Crippen LogP) is 1.07. The molecule has 0 saturated carbocycles. The number of hydrogen-bond donors (Lipinski definition) is 0. The monoisotopic (exact) mass is 459 g/mol. The molecule has 3 aliphatic heterocycles. The Morgan fingerprint density at radius 2 is 1.79 bits per heavy atom. The lowest BCUT2D eigenvalue weighted by Gasteiger charge is -2.38. The van der Waals surface area contributed by atoms with Crippen molar-refractivity contribution in [2.45, 2.75) is 13.0 Å². The van der Waals surface area contributed by atoms with Crippen molar-refractivity contribution in [3.05, 3.63) is 29.8 Å². The van der Waals surface area contributed by atoms with Gasteiger partial charge in [0.1, 0.15) is 13.2 Å². The lowest BCUT2D eigenvalue weighted by Crippen LogP contribution is -2.52. The van der Waals surface area contributed by atoms with Crippen molar-refractivity contribution in [2.75, 3.05) is 79.3 Å². The molecule has 4 rings (SSSR count). The van der Waals surface area contributed by atoms with Crippen molar-refractivity contribution in [3.63, 3.8) is 0 Å². The fourth-order valence-corrected chi connectivity index (χ4v) is 4.27. The number of ketones is 1. The molecule has 1 aromatic carbocycles. The summed E-state index contributed by atoms with van der Waals surface area (Å²) >= 11 is 0. The van der Waals surface area contributed by atoms with E-state index in [1.807, 2.05) is 6.92 Å². The van der Waals surface area contributed by atoms with E-state index in [1.54, 1.807) is 17.0 Å². The fraction of sp³-hybridized carbons (Fsp3) is 0.583. The molecule has 1 unspecified atom stereocenters. The number of fused-ring (bicyclic) bond motifs is 1. The number of carbonyl (C=O) groups excluding carboxylic acids is 2. The number of morpholine rings is 1. The zero-order valence-electron chi connectivity index (χ0n) is 19.5. The van der Waals surface area contributed by atoms with Gasteiger partial charge in [0, 0.05) is 51.9 Å². The normalized spacial score (nSPS) is 21.9. The van der Waals surface area contributed by atoms with Crippen molar-refractivity contribution < 1.29 is 28.5 Å². The van der Waals surface area contributed by atoms with Gasteiger partial charge in [-0.15, -0.1) is 0 Å². The van der Waals surface area contributed by atoms with Gasteiger partial charge >= 0.3 is 0 Å². The fourth-order valence-electron chi connectivity index (χ4n) is 4.27. The topological polar surface area (TPSA) is 80.8 Å². The first-order valence-electron chi connectivity index (χ1n) is 11.6. The quantitative estimate of drug-likeness (QED) is 0.443. The molecule has 0 spiro atoms. The van der Waals surface area contributed by atoms with Gasteiger partial charge in [-0.2, -0.15) is 0 Å². The van der Waals surface area contributed by atoms with Gasteiger partial charge in [0.2, 0.25) is 11.7 Å². The lowest BCUT2D eigenvalue weighted by atomic mass is 10.1. The van der Waals surface area contributed by atoms with Crippen LogP contribution in [-0.2, 0) is 9.53 Å². The molecule has 2 saturated heterocycles. The summed E-state index contributed by atoms with van der Waals surface area (Å²) in [7, 11) is 2.13. The van der Waals surface area contributed by atoms with E-state index in [0.29, 0.717) is 62.3 Å². The number of piperazine rings is 1. The van der Waals surface area contributed by atoms with Gasteiger partial charge in [-0.1, -0.05) is 0 Å². The summed E-state index contributed by atoms with van der Waals surface area (Å²) in [6.45, 7) is 9.59. The van der Waals surface area contributed by atoms with Crippen LogP contribution in [0, 0.1) is 0 Å².